The van der Waals surface area contributed by atoms with Gasteiger partial charge in [0.15, 0.2) is 6.10 Å². The van der Waals surface area contributed by atoms with E-state index in [0.717, 1.165) is 167 Å². The van der Waals surface area contributed by atoms with E-state index in [1.165, 1.54) is 116 Å². The lowest BCUT2D eigenvalue weighted by atomic mass is 10.0. The molecular formula is C93H156O16P2. The lowest BCUT2D eigenvalue weighted by Gasteiger charge is -2.21. The summed E-state index contributed by atoms with van der Waals surface area (Å²) >= 11 is 0. The summed E-state index contributed by atoms with van der Waals surface area (Å²) in [5.41, 5.74) is 0. The first kappa shape index (κ1) is 106. The summed E-state index contributed by atoms with van der Waals surface area (Å²) in [6.07, 6.45) is 108. The number of phosphoric ester groups is 2. The van der Waals surface area contributed by atoms with Gasteiger partial charge in [0.05, 0.1) is 26.4 Å². The molecule has 0 aliphatic rings. The Labute approximate surface area is 675 Å². The normalized spacial score (nSPS) is 14.7. The smallest absolute Gasteiger partial charge is 0.463 e. The molecule has 0 amide bonds. The number of ether oxygens (including phenoxy) is 3. The summed E-state index contributed by atoms with van der Waals surface area (Å²) in [5.74, 6) is -1.61. The Balaban J connectivity index is 4.54. The van der Waals surface area contributed by atoms with Crippen LogP contribution in [-0.4, -0.2) is 95.9 Å². The van der Waals surface area contributed by atoms with E-state index in [-0.39, 0.29) is 19.3 Å². The van der Waals surface area contributed by atoms with Gasteiger partial charge in [-0.1, -0.05) is 339 Å². The zero-order valence-electron chi connectivity index (χ0n) is 69.6. The number of allylic oxidation sites excluding steroid dienone is 28. The van der Waals surface area contributed by atoms with Crippen molar-refractivity contribution < 1.29 is 75.8 Å². The number of hydrogen-bond donors (Lipinski definition) is 4. The molecule has 0 saturated carbocycles. The fraction of sp³-hybridized carbons (Fsp3) is 0.667. The molecule has 16 nitrogen and oxygen atoms in total. The molecule has 0 saturated heterocycles. The fourth-order valence-corrected chi connectivity index (χ4v) is 13.0. The number of hydrogen-bond acceptors (Lipinski definition) is 14. The highest BCUT2D eigenvalue weighted by Gasteiger charge is 2.29. The Morgan fingerprint density at radius 1 is 0.261 bits per heavy atom. The Morgan fingerprint density at radius 2 is 0.477 bits per heavy atom. The van der Waals surface area contributed by atoms with Crippen LogP contribution in [0.5, 0.6) is 0 Å². The number of phosphoric acid groups is 2. The van der Waals surface area contributed by atoms with Crippen LogP contribution in [0.15, 0.2) is 170 Å². The number of carbonyl (C=O) groups is 3. The summed E-state index contributed by atoms with van der Waals surface area (Å²) in [5, 5.41) is 20.7. The van der Waals surface area contributed by atoms with Crippen molar-refractivity contribution >= 4 is 33.6 Å². The average Bonchev–Trinajstić information content (AvgIpc) is 0.901. The average molecular weight is 1590 g/mol. The van der Waals surface area contributed by atoms with E-state index in [0.29, 0.717) is 19.3 Å². The Bertz CT molecular complexity index is 2700. The summed E-state index contributed by atoms with van der Waals surface area (Å²) in [6, 6.07) is 0. The molecule has 18 heteroatoms. The van der Waals surface area contributed by atoms with Gasteiger partial charge in [-0.15, -0.1) is 0 Å². The van der Waals surface area contributed by atoms with E-state index in [1.54, 1.807) is 0 Å². The Hall–Kier alpha value is -5.09. The second-order valence-corrected chi connectivity index (χ2v) is 31.5. The van der Waals surface area contributed by atoms with E-state index >= 15 is 0 Å². The van der Waals surface area contributed by atoms with Gasteiger partial charge in [0, 0.05) is 19.3 Å². The van der Waals surface area contributed by atoms with Crippen LogP contribution in [0.1, 0.15) is 342 Å². The molecule has 0 aromatic heterocycles. The maximum Gasteiger partial charge on any atom is 0.472 e. The van der Waals surface area contributed by atoms with Crippen LogP contribution in [0.25, 0.3) is 0 Å². The molecular weight excluding hydrogens is 1430 g/mol. The van der Waals surface area contributed by atoms with Crippen LogP contribution in [-0.2, 0) is 55.8 Å². The SMILES string of the molecule is CC/C=C\C/C=C\C/C=C\C/C=C\C/C=C\C/C=C\CCCCCCCCCCCCCCCCC(=O)OCC(O)COP(=O)(O)OCC(O)COP(=O)(O)OCC(COC(=O)CCCCCCCCCCC/C=C\C/C=C\C/C=C\C/C=C\CCCCC)OC(=O)CCCCCC/C=C\C/C=C\C/C=C\C/C=C\CC. The predicted octanol–water partition coefficient (Wildman–Crippen LogP) is 26.3. The molecule has 5 atom stereocenters. The van der Waals surface area contributed by atoms with Crippen molar-refractivity contribution in [3.05, 3.63) is 170 Å². The third-order valence-electron chi connectivity index (χ3n) is 17.9. The molecule has 4 N–H and O–H groups in total. The third-order valence-corrected chi connectivity index (χ3v) is 19.8. The molecule has 0 aromatic carbocycles. The topological polar surface area (TPSA) is 231 Å². The van der Waals surface area contributed by atoms with Crippen LogP contribution in [0.4, 0.5) is 0 Å². The fourth-order valence-electron chi connectivity index (χ4n) is 11.4. The van der Waals surface area contributed by atoms with E-state index in [2.05, 4.69) is 191 Å². The number of aliphatic hydroxyl groups is 2. The van der Waals surface area contributed by atoms with Crippen molar-refractivity contribution in [3.63, 3.8) is 0 Å². The van der Waals surface area contributed by atoms with Gasteiger partial charge in [-0.2, -0.15) is 0 Å². The molecule has 634 valence electrons. The summed E-state index contributed by atoms with van der Waals surface area (Å²) in [6.45, 7) is 2.41. The first-order chi connectivity index (χ1) is 54.2. The van der Waals surface area contributed by atoms with Crippen LogP contribution < -0.4 is 0 Å². The Morgan fingerprint density at radius 3 is 0.757 bits per heavy atom. The third kappa shape index (κ3) is 85.6. The highest BCUT2D eigenvalue weighted by molar-refractivity contribution is 7.47. The zero-order chi connectivity index (χ0) is 80.8. The second-order valence-electron chi connectivity index (χ2n) is 28.6. The minimum Gasteiger partial charge on any atom is -0.463 e. The molecule has 0 radical (unpaired) electrons. The van der Waals surface area contributed by atoms with E-state index in [1.807, 2.05) is 0 Å². The molecule has 5 unspecified atom stereocenters. The second kappa shape index (κ2) is 84.3. The van der Waals surface area contributed by atoms with Crippen LogP contribution in [0.3, 0.4) is 0 Å². The minimum absolute atomic E-state index is 0.0709. The number of esters is 3. The first-order valence-electron chi connectivity index (χ1n) is 43.4. The van der Waals surface area contributed by atoms with Gasteiger partial charge >= 0.3 is 33.6 Å². The Kier molecular flexibility index (Phi) is 80.4. The van der Waals surface area contributed by atoms with Crippen molar-refractivity contribution in [2.45, 2.75) is 360 Å². The van der Waals surface area contributed by atoms with Gasteiger partial charge < -0.3 is 34.2 Å². The van der Waals surface area contributed by atoms with Gasteiger partial charge in [-0.05, 0) is 154 Å². The zero-order valence-corrected chi connectivity index (χ0v) is 71.4. The molecule has 0 rings (SSSR count). The number of rotatable bonds is 81. The number of unbranched alkanes of at least 4 members (excludes halogenated alkanes) is 30. The summed E-state index contributed by atoms with van der Waals surface area (Å²) in [7, 11) is -9.82. The number of carbonyl (C=O) groups excluding carboxylic acids is 3. The molecule has 0 fully saturated rings. The van der Waals surface area contributed by atoms with Gasteiger partial charge in [0.2, 0.25) is 0 Å². The van der Waals surface area contributed by atoms with E-state index in [9.17, 15) is 43.5 Å². The van der Waals surface area contributed by atoms with Crippen molar-refractivity contribution in [1.82, 2.24) is 0 Å². The van der Waals surface area contributed by atoms with Crippen LogP contribution >= 0.6 is 15.6 Å². The van der Waals surface area contributed by atoms with Gasteiger partial charge in [0.1, 0.15) is 25.4 Å². The van der Waals surface area contributed by atoms with E-state index in [4.69, 9.17) is 32.3 Å². The maximum atomic E-state index is 13.0. The highest BCUT2D eigenvalue weighted by atomic mass is 31.2. The molecule has 0 aromatic rings. The highest BCUT2D eigenvalue weighted by Crippen LogP contribution is 2.45. The molecule has 111 heavy (non-hydrogen) atoms. The molecule has 0 aliphatic carbocycles. The van der Waals surface area contributed by atoms with Crippen LogP contribution in [0, 0.1) is 0 Å². The quantitative estimate of drug-likeness (QED) is 0.0146. The number of aliphatic hydroxyl groups excluding tert-OH is 2. The van der Waals surface area contributed by atoms with Crippen molar-refractivity contribution in [2.24, 2.45) is 0 Å². The summed E-state index contributed by atoms with van der Waals surface area (Å²) in [4.78, 5) is 58.8. The first-order valence-corrected chi connectivity index (χ1v) is 46.4. The lowest BCUT2D eigenvalue weighted by molar-refractivity contribution is -0.161. The molecule has 0 bridgehead atoms. The van der Waals surface area contributed by atoms with Crippen molar-refractivity contribution in [3.8, 4) is 0 Å². The van der Waals surface area contributed by atoms with Crippen molar-refractivity contribution in [1.29, 1.82) is 0 Å². The van der Waals surface area contributed by atoms with Gasteiger partial charge in [0.25, 0.3) is 0 Å². The van der Waals surface area contributed by atoms with Crippen LogP contribution in [0.2, 0.25) is 0 Å². The van der Waals surface area contributed by atoms with Crippen molar-refractivity contribution in [2.75, 3.05) is 39.6 Å². The molecule has 0 heterocycles. The predicted molar refractivity (Wildman–Crippen MR) is 463 cm³/mol. The molecule has 0 spiro atoms. The van der Waals surface area contributed by atoms with Gasteiger partial charge in [-0.25, -0.2) is 9.13 Å². The van der Waals surface area contributed by atoms with E-state index < -0.39 is 91.5 Å². The maximum absolute atomic E-state index is 13.0. The minimum atomic E-state index is -4.95. The standard InChI is InChI=1S/C93H156O16P2/c1-4-7-10-13-16-19-22-25-28-31-33-35-37-39-40-41-42-43-44-45-46-48-50-51-53-56-58-61-64-67-70-73-76-79-91(96)103-82-88(94)83-105-110(99,100)106-84-89(95)85-107-111(101,102)108-87-90(109-93(98)81-78-75-72-69-66-63-60-55-30-27-24-21-18-15-12-9-6-3)86-104-92(97)80-77-74-71-68-65-62-59-57-54-52-49-47-38-36-34-32-29-26-23-20-17-14-11-8-5-2/h7,9-10,12,16-21,25-30,33-36,39-40,42-43,47,49,60,63,88-90,94-95H,4-6,8,11,13-15,22-24,31-32,37-38,41,44-46,48,50-59,61-62,64-87H2,1-3H3,(H,99,100)(H,101,102)/b10-7-,12-9-,19-16-,20-17-,21-18-,28-25-,29-26-,30-27-,35-33-,36-34-,40-39-,43-42-,49-47-,63-60-. The summed E-state index contributed by atoms with van der Waals surface area (Å²) < 4.78 is 61.3. The monoisotopic (exact) mass is 1590 g/mol. The largest absolute Gasteiger partial charge is 0.472 e. The molecule has 0 aliphatic heterocycles. The lowest BCUT2D eigenvalue weighted by Crippen LogP contribution is -2.30. The van der Waals surface area contributed by atoms with Gasteiger partial charge in [-0.3, -0.25) is 32.5 Å².